The molecule has 0 spiro atoms. The number of halogens is 1. The second-order valence-corrected chi connectivity index (χ2v) is 5.08. The summed E-state index contributed by atoms with van der Waals surface area (Å²) < 4.78 is 0. The van der Waals surface area contributed by atoms with Gasteiger partial charge >= 0.3 is 0 Å². The molecule has 4 heteroatoms. The van der Waals surface area contributed by atoms with Crippen molar-refractivity contribution >= 4 is 16.9 Å². The van der Waals surface area contributed by atoms with Crippen LogP contribution in [0.1, 0.15) is 5.01 Å². The van der Waals surface area contributed by atoms with E-state index in [0.29, 0.717) is 0 Å². The van der Waals surface area contributed by atoms with E-state index >= 15 is 0 Å². The van der Waals surface area contributed by atoms with Crippen molar-refractivity contribution in [3.05, 3.63) is 59.1 Å². The monoisotopic (exact) mass is 380 g/mol. The predicted octanol–water partition coefficient (Wildman–Crippen LogP) is 0.460. The summed E-state index contributed by atoms with van der Waals surface area (Å²) in [6.07, 6.45) is 7.37. The molecule has 0 N–H and O–H groups in total. The number of benzene rings is 1. The molecule has 19 heavy (non-hydrogen) atoms. The predicted molar refractivity (Wildman–Crippen MR) is 76.0 cm³/mol. The highest BCUT2D eigenvalue weighted by Crippen LogP contribution is 2.27. The Morgan fingerprint density at radius 2 is 2.05 bits per heavy atom. The Balaban J connectivity index is 0.00000133. The van der Waals surface area contributed by atoms with Gasteiger partial charge in [-0.1, -0.05) is 30.3 Å². The van der Waals surface area contributed by atoms with Crippen LogP contribution in [0, 0.1) is 6.20 Å². The minimum Gasteiger partial charge on any atom is -1.00 e. The Bertz CT molecular complexity index is 602. The molecule has 2 aromatic rings. The molecule has 1 aliphatic heterocycles. The van der Waals surface area contributed by atoms with Gasteiger partial charge in [-0.15, -0.1) is 11.3 Å². The third-order valence-corrected chi connectivity index (χ3v) is 3.74. The molecular weight excluding hydrogens is 367 g/mol. The topological polar surface area (TPSA) is 16.1 Å². The number of rotatable bonds is 2. The molecule has 0 amide bonds. The van der Waals surface area contributed by atoms with Gasteiger partial charge < -0.3 is 24.0 Å². The van der Waals surface area contributed by atoms with Gasteiger partial charge in [0.25, 0.3) is 0 Å². The van der Waals surface area contributed by atoms with E-state index in [-0.39, 0.29) is 24.0 Å². The van der Waals surface area contributed by atoms with Gasteiger partial charge in [0.15, 0.2) is 17.8 Å². The molecule has 0 saturated heterocycles. The Morgan fingerprint density at radius 3 is 2.74 bits per heavy atom. The van der Waals surface area contributed by atoms with Crippen LogP contribution in [0.3, 0.4) is 0 Å². The van der Waals surface area contributed by atoms with Crippen LogP contribution >= 0.6 is 11.3 Å². The van der Waals surface area contributed by atoms with Gasteiger partial charge in [-0.05, 0) is 0 Å². The van der Waals surface area contributed by atoms with Crippen molar-refractivity contribution in [3.63, 3.8) is 0 Å². The number of nitrogens with zero attached hydrogens (tertiary/aromatic N) is 2. The smallest absolute Gasteiger partial charge is 0.209 e. The maximum atomic E-state index is 4.69. The molecule has 0 saturated carbocycles. The lowest BCUT2D eigenvalue weighted by Crippen LogP contribution is -3.00. The van der Waals surface area contributed by atoms with Crippen molar-refractivity contribution < 1.29 is 24.0 Å². The standard InChI is InChI=1S/C15H13N2S.HI/c1-17-9-7-13(8-10-17)15-16-14(11-18-15)12-5-3-2-4-6-12;/h2-8,11H,9H2,1H3;1H/q+1;/p-1. The fourth-order valence-corrected chi connectivity index (χ4v) is 2.66. The number of thiazole rings is 1. The highest BCUT2D eigenvalue weighted by molar-refractivity contribution is 7.11. The highest BCUT2D eigenvalue weighted by atomic mass is 127. The van der Waals surface area contributed by atoms with E-state index in [2.05, 4.69) is 34.8 Å². The van der Waals surface area contributed by atoms with Crippen LogP contribution in [0.2, 0.25) is 0 Å². The van der Waals surface area contributed by atoms with E-state index in [1.807, 2.05) is 36.2 Å². The Labute approximate surface area is 134 Å². The summed E-state index contributed by atoms with van der Waals surface area (Å²) >= 11 is 1.68. The Hall–Kier alpha value is -1.23. The molecule has 0 fully saturated rings. The first-order chi connectivity index (χ1) is 8.83. The maximum absolute atomic E-state index is 4.69. The van der Waals surface area contributed by atoms with Gasteiger partial charge in [0, 0.05) is 24.1 Å². The molecule has 0 atom stereocenters. The highest BCUT2D eigenvalue weighted by Gasteiger charge is 2.18. The van der Waals surface area contributed by atoms with Crippen molar-refractivity contribution in [2.45, 2.75) is 0 Å². The minimum atomic E-state index is 0. The average Bonchev–Trinajstić information content (AvgIpc) is 2.90. The zero-order valence-electron chi connectivity index (χ0n) is 10.5. The van der Waals surface area contributed by atoms with Gasteiger partial charge in [-0.25, -0.2) is 4.98 Å². The van der Waals surface area contributed by atoms with Crippen LogP contribution in [0.15, 0.2) is 47.9 Å². The average molecular weight is 380 g/mol. The lowest BCUT2D eigenvalue weighted by Gasteiger charge is -2.04. The van der Waals surface area contributed by atoms with E-state index in [0.717, 1.165) is 17.2 Å². The van der Waals surface area contributed by atoms with Crippen LogP contribution in [-0.2, 0) is 0 Å². The fourth-order valence-electron chi connectivity index (χ4n) is 1.82. The molecule has 0 unspecified atom stereocenters. The van der Waals surface area contributed by atoms with E-state index in [9.17, 15) is 0 Å². The Kier molecular flexibility index (Phi) is 4.69. The van der Waals surface area contributed by atoms with Gasteiger partial charge in [-0.3, -0.25) is 4.90 Å². The van der Waals surface area contributed by atoms with Crippen LogP contribution < -0.4 is 24.0 Å². The number of likely N-dealkylation sites (N-methyl/N-ethyl adjacent to an activating group) is 1. The fraction of sp³-hybridized carbons (Fsp3) is 0.133. The summed E-state index contributed by atoms with van der Waals surface area (Å²) in [7, 11) is 2.01. The first-order valence-electron chi connectivity index (χ1n) is 5.85. The summed E-state index contributed by atoms with van der Waals surface area (Å²) in [6.45, 7) is 0.895. The molecular formula is C15H13IN2S. The minimum absolute atomic E-state index is 0. The van der Waals surface area contributed by atoms with Crippen LogP contribution in [0.5, 0.6) is 0 Å². The van der Waals surface area contributed by atoms with Crippen molar-refractivity contribution in [2.75, 3.05) is 13.6 Å². The van der Waals surface area contributed by atoms with Crippen LogP contribution in [-0.4, -0.2) is 23.5 Å². The van der Waals surface area contributed by atoms with Gasteiger partial charge in [0.05, 0.1) is 12.2 Å². The van der Waals surface area contributed by atoms with E-state index in [1.54, 1.807) is 11.3 Å². The van der Waals surface area contributed by atoms with Crippen LogP contribution in [0.25, 0.3) is 16.8 Å². The number of hydrogen-bond donors (Lipinski definition) is 0. The molecule has 2 heterocycles. The molecule has 0 aliphatic carbocycles. The summed E-state index contributed by atoms with van der Waals surface area (Å²) in [5.41, 5.74) is 3.38. The quantitative estimate of drug-likeness (QED) is 0.556. The summed E-state index contributed by atoms with van der Waals surface area (Å²) in [5, 5.41) is 3.17. The Morgan fingerprint density at radius 1 is 1.26 bits per heavy atom. The van der Waals surface area contributed by atoms with Crippen molar-refractivity contribution in [2.24, 2.45) is 0 Å². The summed E-state index contributed by atoms with van der Waals surface area (Å²) in [5.74, 6) is 0. The molecule has 96 valence electrons. The molecule has 1 aliphatic rings. The van der Waals surface area contributed by atoms with E-state index in [4.69, 9.17) is 0 Å². The lowest BCUT2D eigenvalue weighted by molar-refractivity contribution is -0.00000354. The van der Waals surface area contributed by atoms with Crippen molar-refractivity contribution in [1.29, 1.82) is 0 Å². The van der Waals surface area contributed by atoms with Crippen LogP contribution in [0.4, 0.5) is 0 Å². The normalized spacial score (nSPS) is 13.5. The molecule has 0 bridgehead atoms. The first-order valence-corrected chi connectivity index (χ1v) is 6.73. The number of allylic oxidation sites excluding steroid dienone is 2. The zero-order chi connectivity index (χ0) is 12.4. The second kappa shape index (κ2) is 6.28. The van der Waals surface area contributed by atoms with Gasteiger partial charge in [0.2, 0.25) is 5.01 Å². The SMILES string of the molecule is CN1[C+]=CC(c2nc(-c3ccccc3)cs2)=CC1.[I-]. The number of aromatic nitrogens is 1. The number of hydrogen-bond acceptors (Lipinski definition) is 3. The third-order valence-electron chi connectivity index (χ3n) is 2.85. The molecule has 2 nitrogen and oxygen atoms in total. The molecule has 1 aromatic heterocycles. The van der Waals surface area contributed by atoms with E-state index in [1.165, 1.54) is 11.1 Å². The van der Waals surface area contributed by atoms with Gasteiger partial charge in [-0.2, -0.15) is 0 Å². The zero-order valence-corrected chi connectivity index (χ0v) is 13.5. The molecule has 1 aromatic carbocycles. The summed E-state index contributed by atoms with van der Waals surface area (Å²) in [4.78, 5) is 6.71. The molecule has 0 radical (unpaired) electrons. The largest absolute Gasteiger partial charge is 1.00 e. The van der Waals surface area contributed by atoms with Gasteiger partial charge in [0.1, 0.15) is 0 Å². The van der Waals surface area contributed by atoms with Crippen molar-refractivity contribution in [1.82, 2.24) is 9.88 Å². The lowest BCUT2D eigenvalue weighted by atomic mass is 10.2. The van der Waals surface area contributed by atoms with Crippen molar-refractivity contribution in [3.8, 4) is 11.3 Å². The first kappa shape index (κ1) is 14.2. The van der Waals surface area contributed by atoms with E-state index < -0.39 is 0 Å². The maximum Gasteiger partial charge on any atom is 0.209 e. The third kappa shape index (κ3) is 3.21. The molecule has 3 rings (SSSR count). The second-order valence-electron chi connectivity index (χ2n) is 4.22. The summed E-state index contributed by atoms with van der Waals surface area (Å²) in [6, 6.07) is 10.3.